The molecule has 1 atom stereocenters. The number of ether oxygens (including phenoxy) is 1. The summed E-state index contributed by atoms with van der Waals surface area (Å²) in [7, 11) is 1.69. The molecule has 0 fully saturated rings. The molecule has 0 radical (unpaired) electrons. The van der Waals surface area contributed by atoms with Crippen LogP contribution in [0.1, 0.15) is 37.3 Å². The number of benzene rings is 1. The molecule has 0 saturated heterocycles. The molecule has 2 N–H and O–H groups in total. The third kappa shape index (κ3) is 6.75. The normalized spacial score (nSPS) is 12.5. The van der Waals surface area contributed by atoms with Crippen molar-refractivity contribution in [2.24, 2.45) is 4.99 Å². The number of rotatable bonds is 9. The highest BCUT2D eigenvalue weighted by atomic mass is 16.5. The van der Waals surface area contributed by atoms with Crippen LogP contribution in [0.25, 0.3) is 0 Å². The lowest BCUT2D eigenvalue weighted by Crippen LogP contribution is -2.38. The summed E-state index contributed by atoms with van der Waals surface area (Å²) >= 11 is 0. The Balaban J connectivity index is 1.79. The summed E-state index contributed by atoms with van der Waals surface area (Å²) < 4.78 is 5.22. The van der Waals surface area contributed by atoms with Crippen molar-refractivity contribution in [3.8, 4) is 5.75 Å². The number of aromatic nitrogens is 1. The second-order valence-corrected chi connectivity index (χ2v) is 6.26. The predicted octanol–water partition coefficient (Wildman–Crippen LogP) is 3.38. The van der Waals surface area contributed by atoms with Crippen molar-refractivity contribution in [3.05, 3.63) is 59.9 Å². The molecule has 0 aliphatic rings. The van der Waals surface area contributed by atoms with E-state index in [2.05, 4.69) is 47.7 Å². The third-order valence-electron chi connectivity index (χ3n) is 4.29. The smallest absolute Gasteiger partial charge is 0.191 e. The summed E-state index contributed by atoms with van der Waals surface area (Å²) in [4.78, 5) is 8.84. The van der Waals surface area contributed by atoms with Crippen LogP contribution in [-0.4, -0.2) is 37.7 Å². The quantitative estimate of drug-likeness (QED) is 0.535. The fraction of sp³-hybridized carbons (Fsp3) is 0.429. The molecular weight excluding hydrogens is 324 g/mol. The zero-order valence-electron chi connectivity index (χ0n) is 16.0. The van der Waals surface area contributed by atoms with Gasteiger partial charge in [0.2, 0.25) is 0 Å². The Hall–Kier alpha value is -2.56. The summed E-state index contributed by atoms with van der Waals surface area (Å²) in [6.07, 6.45) is 5.64. The lowest BCUT2D eigenvalue weighted by atomic mass is 9.98. The number of nitrogens with one attached hydrogen (secondary N) is 2. The van der Waals surface area contributed by atoms with Crippen LogP contribution < -0.4 is 15.4 Å². The molecular formula is C21H30N4O. The number of hydrogen-bond donors (Lipinski definition) is 2. The Morgan fingerprint density at radius 3 is 2.65 bits per heavy atom. The van der Waals surface area contributed by atoms with E-state index in [1.165, 1.54) is 11.1 Å². The van der Waals surface area contributed by atoms with Gasteiger partial charge >= 0.3 is 0 Å². The molecule has 0 bridgehead atoms. The molecule has 0 spiro atoms. The van der Waals surface area contributed by atoms with Crippen LogP contribution >= 0.6 is 0 Å². The van der Waals surface area contributed by atoms with E-state index in [1.54, 1.807) is 13.3 Å². The maximum absolute atomic E-state index is 5.22. The first-order valence-corrected chi connectivity index (χ1v) is 9.28. The summed E-state index contributed by atoms with van der Waals surface area (Å²) in [5, 5.41) is 6.70. The van der Waals surface area contributed by atoms with E-state index in [-0.39, 0.29) is 0 Å². The van der Waals surface area contributed by atoms with E-state index in [0.717, 1.165) is 44.2 Å². The minimum Gasteiger partial charge on any atom is -0.497 e. The number of aliphatic imine (C=N–C) groups is 1. The monoisotopic (exact) mass is 354 g/mol. The Morgan fingerprint density at radius 2 is 2.00 bits per heavy atom. The van der Waals surface area contributed by atoms with E-state index in [1.807, 2.05) is 24.4 Å². The van der Waals surface area contributed by atoms with Gasteiger partial charge in [0.05, 0.1) is 7.11 Å². The molecule has 1 unspecified atom stereocenters. The highest BCUT2D eigenvalue weighted by Crippen LogP contribution is 2.21. The highest BCUT2D eigenvalue weighted by molar-refractivity contribution is 5.79. The van der Waals surface area contributed by atoms with Crippen LogP contribution in [0.3, 0.4) is 0 Å². The van der Waals surface area contributed by atoms with E-state index in [0.29, 0.717) is 5.92 Å². The predicted molar refractivity (Wildman–Crippen MR) is 108 cm³/mol. The molecule has 1 heterocycles. The van der Waals surface area contributed by atoms with Crippen LogP contribution in [0.4, 0.5) is 0 Å². The molecule has 0 amide bonds. The van der Waals surface area contributed by atoms with Crippen molar-refractivity contribution >= 4 is 5.96 Å². The molecule has 2 aromatic rings. The molecule has 1 aromatic heterocycles. The topological polar surface area (TPSA) is 58.5 Å². The van der Waals surface area contributed by atoms with Crippen LogP contribution in [0, 0.1) is 0 Å². The molecule has 0 saturated carbocycles. The van der Waals surface area contributed by atoms with Crippen LogP contribution in [0.15, 0.2) is 53.8 Å². The first-order valence-electron chi connectivity index (χ1n) is 9.28. The number of hydrogen-bond acceptors (Lipinski definition) is 3. The van der Waals surface area contributed by atoms with E-state index < -0.39 is 0 Å². The standard InChI is InChI=1S/C21H30N4O/c1-4-23-21(25-15-12-18-6-5-13-22-16-18)24-14-11-17(2)19-7-9-20(26-3)10-8-19/h5-10,13,16-17H,4,11-12,14-15H2,1-3H3,(H2,23,24,25). The van der Waals surface area contributed by atoms with E-state index >= 15 is 0 Å². The Bertz CT molecular complexity index is 655. The molecule has 1 aromatic carbocycles. The highest BCUT2D eigenvalue weighted by Gasteiger charge is 2.06. The van der Waals surface area contributed by atoms with Crippen molar-refractivity contribution in [1.29, 1.82) is 0 Å². The number of guanidine groups is 1. The lowest BCUT2D eigenvalue weighted by molar-refractivity contribution is 0.414. The van der Waals surface area contributed by atoms with Gasteiger partial charge in [-0.15, -0.1) is 0 Å². The average Bonchev–Trinajstić information content (AvgIpc) is 2.69. The van der Waals surface area contributed by atoms with Crippen molar-refractivity contribution in [2.45, 2.75) is 32.6 Å². The molecule has 5 nitrogen and oxygen atoms in total. The van der Waals surface area contributed by atoms with Crippen molar-refractivity contribution in [1.82, 2.24) is 15.6 Å². The maximum Gasteiger partial charge on any atom is 0.191 e. The van der Waals surface area contributed by atoms with Crippen LogP contribution in [0.5, 0.6) is 5.75 Å². The van der Waals surface area contributed by atoms with Crippen molar-refractivity contribution < 1.29 is 4.74 Å². The SMILES string of the molecule is CCNC(=NCCC(C)c1ccc(OC)cc1)NCCc1cccnc1. The first kappa shape index (κ1) is 19.8. The summed E-state index contributed by atoms with van der Waals surface area (Å²) in [6, 6.07) is 12.3. The largest absolute Gasteiger partial charge is 0.497 e. The van der Waals surface area contributed by atoms with E-state index in [4.69, 9.17) is 9.73 Å². The van der Waals surface area contributed by atoms with Gasteiger partial charge in [-0.3, -0.25) is 9.98 Å². The Morgan fingerprint density at radius 1 is 1.19 bits per heavy atom. The number of methoxy groups -OCH3 is 1. The molecule has 140 valence electrons. The minimum atomic E-state index is 0.461. The van der Waals surface area contributed by atoms with Crippen molar-refractivity contribution in [2.75, 3.05) is 26.7 Å². The van der Waals surface area contributed by atoms with Gasteiger partial charge < -0.3 is 15.4 Å². The number of pyridine rings is 1. The fourth-order valence-corrected chi connectivity index (χ4v) is 2.68. The molecule has 5 heteroatoms. The second-order valence-electron chi connectivity index (χ2n) is 6.26. The minimum absolute atomic E-state index is 0.461. The Labute approximate surface area is 156 Å². The van der Waals surface area contributed by atoms with Crippen molar-refractivity contribution in [3.63, 3.8) is 0 Å². The zero-order chi connectivity index (χ0) is 18.6. The van der Waals surface area contributed by atoms with Gasteiger partial charge in [-0.25, -0.2) is 0 Å². The first-order chi connectivity index (χ1) is 12.7. The van der Waals surface area contributed by atoms with Crippen LogP contribution in [-0.2, 0) is 6.42 Å². The molecule has 26 heavy (non-hydrogen) atoms. The molecule has 2 rings (SSSR count). The third-order valence-corrected chi connectivity index (χ3v) is 4.29. The van der Waals surface area contributed by atoms with Gasteiger partial charge in [-0.1, -0.05) is 25.1 Å². The van der Waals surface area contributed by atoms with Gasteiger partial charge in [-0.05, 0) is 55.0 Å². The maximum atomic E-state index is 5.22. The molecule has 0 aliphatic heterocycles. The summed E-state index contributed by atoms with van der Waals surface area (Å²) in [6.45, 7) is 6.80. The zero-order valence-corrected chi connectivity index (χ0v) is 16.0. The average molecular weight is 354 g/mol. The number of nitrogens with zero attached hydrogens (tertiary/aromatic N) is 2. The van der Waals surface area contributed by atoms with Gasteiger partial charge in [0.1, 0.15) is 5.75 Å². The summed E-state index contributed by atoms with van der Waals surface area (Å²) in [5.41, 5.74) is 2.54. The second kappa shape index (κ2) is 11.1. The van der Waals surface area contributed by atoms with Gasteiger partial charge in [0.15, 0.2) is 5.96 Å². The van der Waals surface area contributed by atoms with Gasteiger partial charge in [-0.2, -0.15) is 0 Å². The lowest BCUT2D eigenvalue weighted by Gasteiger charge is -2.13. The van der Waals surface area contributed by atoms with Gasteiger partial charge in [0, 0.05) is 32.0 Å². The van der Waals surface area contributed by atoms with Gasteiger partial charge in [0.25, 0.3) is 0 Å². The Kier molecular flexibility index (Phi) is 8.46. The van der Waals surface area contributed by atoms with Crippen LogP contribution in [0.2, 0.25) is 0 Å². The van der Waals surface area contributed by atoms with E-state index in [9.17, 15) is 0 Å². The summed E-state index contributed by atoms with van der Waals surface area (Å²) in [5.74, 6) is 2.23. The fourth-order valence-electron chi connectivity index (χ4n) is 2.68. The molecule has 0 aliphatic carbocycles.